The molecule has 0 saturated heterocycles. The third-order valence-corrected chi connectivity index (χ3v) is 5.46. The van der Waals surface area contributed by atoms with Gasteiger partial charge in [-0.2, -0.15) is 5.10 Å². The highest BCUT2D eigenvalue weighted by atomic mass is 35.5. The van der Waals surface area contributed by atoms with Gasteiger partial charge in [-0.25, -0.2) is 5.43 Å². The van der Waals surface area contributed by atoms with Crippen LogP contribution in [0, 0.1) is 13.8 Å². The molecule has 1 heterocycles. The Kier molecular flexibility index (Phi) is 6.47. The van der Waals surface area contributed by atoms with E-state index in [-0.39, 0.29) is 11.3 Å². The highest BCUT2D eigenvalue weighted by Gasteiger charge is 2.14. The first-order valence-electron chi connectivity index (χ1n) is 10.0. The predicted octanol–water partition coefficient (Wildman–Crippen LogP) is 5.74. The molecule has 0 aliphatic carbocycles. The lowest BCUT2D eigenvalue weighted by Gasteiger charge is -2.19. The number of nitrogens with zero attached hydrogens (tertiary/aromatic N) is 2. The van der Waals surface area contributed by atoms with Gasteiger partial charge in [-0.3, -0.25) is 4.79 Å². The van der Waals surface area contributed by atoms with Gasteiger partial charge < -0.3 is 4.57 Å². The minimum absolute atomic E-state index is 0.0987. The zero-order chi connectivity index (χ0) is 21.9. The summed E-state index contributed by atoms with van der Waals surface area (Å²) < 4.78 is 2.09. The lowest BCUT2D eigenvalue weighted by Crippen LogP contribution is -2.20. The highest BCUT2D eigenvalue weighted by molar-refractivity contribution is 6.32. The van der Waals surface area contributed by atoms with E-state index in [9.17, 15) is 4.79 Å². The summed E-state index contributed by atoms with van der Waals surface area (Å²) in [7, 11) is 0. The first kappa shape index (κ1) is 21.8. The number of carbonyl (C=O) groups is 1. The number of hydrazone groups is 1. The average molecular weight is 422 g/mol. The van der Waals surface area contributed by atoms with E-state index >= 15 is 0 Å². The van der Waals surface area contributed by atoms with Crippen molar-refractivity contribution in [2.75, 3.05) is 0 Å². The molecule has 156 valence electrons. The average Bonchev–Trinajstić information content (AvgIpc) is 2.95. The minimum atomic E-state index is -0.144. The molecule has 3 aromatic rings. The van der Waals surface area contributed by atoms with E-state index in [1.165, 1.54) is 5.56 Å². The molecule has 30 heavy (non-hydrogen) atoms. The number of benzene rings is 2. The number of para-hydroxylation sites is 1. The number of rotatable bonds is 5. The number of aryl methyl sites for hydroxylation is 1. The van der Waals surface area contributed by atoms with Gasteiger partial charge in [0.05, 0.1) is 23.3 Å². The Bertz CT molecular complexity index is 1070. The molecule has 2 aromatic carbocycles. The number of aromatic nitrogens is 1. The van der Waals surface area contributed by atoms with Crippen molar-refractivity contribution in [2.45, 2.75) is 46.5 Å². The molecule has 0 fully saturated rings. The van der Waals surface area contributed by atoms with E-state index in [4.69, 9.17) is 11.6 Å². The molecule has 0 aliphatic rings. The molecule has 0 radical (unpaired) electrons. The molecule has 0 unspecified atom stereocenters. The zero-order valence-corrected chi connectivity index (χ0v) is 18.9. The Morgan fingerprint density at radius 2 is 1.77 bits per heavy atom. The fourth-order valence-corrected chi connectivity index (χ4v) is 3.66. The van der Waals surface area contributed by atoms with Crippen molar-refractivity contribution in [1.29, 1.82) is 0 Å². The summed E-state index contributed by atoms with van der Waals surface area (Å²) in [6.07, 6.45) is 1.97. The van der Waals surface area contributed by atoms with Crippen LogP contribution in [-0.2, 0) is 16.6 Å². The van der Waals surface area contributed by atoms with Gasteiger partial charge in [-0.05, 0) is 48.6 Å². The molecule has 1 aromatic heterocycles. The van der Waals surface area contributed by atoms with Gasteiger partial charge in [0.2, 0.25) is 5.91 Å². The van der Waals surface area contributed by atoms with Crippen LogP contribution in [0.4, 0.5) is 0 Å². The third-order valence-electron chi connectivity index (χ3n) is 5.14. The predicted molar refractivity (Wildman–Crippen MR) is 125 cm³/mol. The van der Waals surface area contributed by atoms with Crippen molar-refractivity contribution >= 4 is 23.7 Å². The van der Waals surface area contributed by atoms with Crippen molar-refractivity contribution in [2.24, 2.45) is 5.10 Å². The summed E-state index contributed by atoms with van der Waals surface area (Å²) in [5.74, 6) is -0.144. The number of amides is 1. The Hall–Kier alpha value is -2.85. The van der Waals surface area contributed by atoms with Crippen molar-refractivity contribution in [1.82, 2.24) is 9.99 Å². The quantitative estimate of drug-likeness (QED) is 0.414. The smallest absolute Gasteiger partial charge is 0.244 e. The van der Waals surface area contributed by atoms with Gasteiger partial charge in [-0.15, -0.1) is 0 Å². The highest BCUT2D eigenvalue weighted by Crippen LogP contribution is 2.25. The molecule has 0 aliphatic heterocycles. The van der Waals surface area contributed by atoms with E-state index in [1.54, 1.807) is 6.21 Å². The van der Waals surface area contributed by atoms with Crippen LogP contribution in [0.15, 0.2) is 59.7 Å². The lowest BCUT2D eigenvalue weighted by molar-refractivity contribution is -0.120. The second kappa shape index (κ2) is 8.88. The van der Waals surface area contributed by atoms with Gasteiger partial charge >= 0.3 is 0 Å². The van der Waals surface area contributed by atoms with Gasteiger partial charge in [0, 0.05) is 17.0 Å². The number of carbonyl (C=O) groups excluding carboxylic acids is 1. The number of nitrogens with one attached hydrogen (secondary N) is 1. The Labute approximate surface area is 183 Å². The molecule has 0 bridgehead atoms. The van der Waals surface area contributed by atoms with Gasteiger partial charge in [0.1, 0.15) is 0 Å². The molecule has 4 nitrogen and oxygen atoms in total. The van der Waals surface area contributed by atoms with E-state index in [0.29, 0.717) is 11.4 Å². The summed E-state index contributed by atoms with van der Waals surface area (Å²) >= 11 is 6.36. The zero-order valence-electron chi connectivity index (χ0n) is 18.2. The second-order valence-corrected chi connectivity index (χ2v) is 8.94. The fraction of sp³-hybridized carbons (Fsp3) is 0.280. The third kappa shape index (κ3) is 5.00. The van der Waals surface area contributed by atoms with Crippen LogP contribution >= 0.6 is 11.6 Å². The molecule has 1 N–H and O–H groups in total. The maximum absolute atomic E-state index is 12.3. The fourth-order valence-electron chi connectivity index (χ4n) is 3.44. The summed E-state index contributed by atoms with van der Waals surface area (Å²) in [5, 5.41) is 4.84. The molecule has 3 rings (SSSR count). The van der Waals surface area contributed by atoms with Crippen LogP contribution in [0.1, 0.15) is 48.8 Å². The van der Waals surface area contributed by atoms with Crippen LogP contribution in [0.3, 0.4) is 0 Å². The van der Waals surface area contributed by atoms with Crippen LogP contribution < -0.4 is 5.43 Å². The lowest BCUT2D eigenvalue weighted by atomic mass is 9.86. The van der Waals surface area contributed by atoms with E-state index in [2.05, 4.69) is 48.0 Å². The molecule has 5 heteroatoms. The Balaban J connectivity index is 1.66. The van der Waals surface area contributed by atoms with Crippen LogP contribution in [-0.4, -0.2) is 16.7 Å². The summed E-state index contributed by atoms with van der Waals surface area (Å²) in [6.45, 7) is 10.5. The maximum Gasteiger partial charge on any atom is 0.244 e. The molecular weight excluding hydrogens is 394 g/mol. The topological polar surface area (TPSA) is 46.4 Å². The molecule has 0 spiro atoms. The SMILES string of the molecule is Cc1cc(/C=N\NC(=O)Cc2ccc(C(C)(C)C)cc2)c(C)n1-c1ccccc1Cl. The van der Waals surface area contributed by atoms with E-state index in [0.717, 1.165) is 28.2 Å². The Morgan fingerprint density at radius 3 is 2.40 bits per heavy atom. The van der Waals surface area contributed by atoms with E-state index in [1.807, 2.05) is 56.3 Å². The monoisotopic (exact) mass is 421 g/mol. The van der Waals surface area contributed by atoms with Crippen LogP contribution in [0.25, 0.3) is 5.69 Å². The normalized spacial score (nSPS) is 11.8. The molecule has 0 saturated carbocycles. The van der Waals surface area contributed by atoms with Gasteiger partial charge in [0.15, 0.2) is 0 Å². The summed E-state index contributed by atoms with van der Waals surface area (Å²) in [6, 6.07) is 17.9. The largest absolute Gasteiger partial charge is 0.316 e. The van der Waals surface area contributed by atoms with Crippen molar-refractivity contribution in [3.8, 4) is 5.69 Å². The molecule has 0 atom stereocenters. The van der Waals surface area contributed by atoms with Gasteiger partial charge in [0.25, 0.3) is 0 Å². The summed E-state index contributed by atoms with van der Waals surface area (Å²) in [4.78, 5) is 12.3. The number of hydrogen-bond donors (Lipinski definition) is 1. The van der Waals surface area contributed by atoms with Crippen LogP contribution in [0.2, 0.25) is 5.02 Å². The molecular formula is C25H28ClN3O. The van der Waals surface area contributed by atoms with Crippen LogP contribution in [0.5, 0.6) is 0 Å². The number of hydrogen-bond acceptors (Lipinski definition) is 2. The number of halogens is 1. The maximum atomic E-state index is 12.3. The standard InChI is InChI=1S/C25H28ClN3O/c1-17-14-20(18(2)29(17)23-9-7-6-8-22(23)26)16-27-28-24(30)15-19-10-12-21(13-11-19)25(3,4)5/h6-14,16H,15H2,1-5H3,(H,28,30)/b27-16-. The first-order chi connectivity index (χ1) is 14.2. The van der Waals surface area contributed by atoms with Crippen molar-refractivity contribution < 1.29 is 4.79 Å². The second-order valence-electron chi connectivity index (χ2n) is 8.53. The van der Waals surface area contributed by atoms with E-state index < -0.39 is 0 Å². The Morgan fingerprint density at radius 1 is 1.10 bits per heavy atom. The summed E-state index contributed by atoms with van der Waals surface area (Å²) in [5.41, 5.74) is 8.86. The van der Waals surface area contributed by atoms with Crippen molar-refractivity contribution in [3.05, 3.63) is 87.7 Å². The van der Waals surface area contributed by atoms with Gasteiger partial charge in [-0.1, -0.05) is 68.8 Å². The van der Waals surface area contributed by atoms with Crippen molar-refractivity contribution in [3.63, 3.8) is 0 Å². The molecule has 1 amide bonds. The minimum Gasteiger partial charge on any atom is -0.316 e. The first-order valence-corrected chi connectivity index (χ1v) is 10.4.